The zero-order chi connectivity index (χ0) is 17.5. The summed E-state index contributed by atoms with van der Waals surface area (Å²) in [5, 5.41) is 0. The van der Waals surface area contributed by atoms with Crippen LogP contribution < -0.4 is 4.74 Å². The van der Waals surface area contributed by atoms with Gasteiger partial charge in [-0.1, -0.05) is 6.07 Å². The Balaban J connectivity index is 1.74. The van der Waals surface area contributed by atoms with Gasteiger partial charge < -0.3 is 4.74 Å². The van der Waals surface area contributed by atoms with E-state index in [2.05, 4.69) is 0 Å². The molecule has 1 aromatic carbocycles. The molecule has 0 spiro atoms. The number of nitrogens with zero attached hydrogens (tertiary/aromatic N) is 1. The van der Waals surface area contributed by atoms with Crippen molar-refractivity contribution in [1.29, 1.82) is 0 Å². The third kappa shape index (κ3) is 3.26. The van der Waals surface area contributed by atoms with Gasteiger partial charge in [0.05, 0.1) is 17.4 Å². The van der Waals surface area contributed by atoms with Gasteiger partial charge in [-0.3, -0.25) is 0 Å². The van der Waals surface area contributed by atoms with Crippen molar-refractivity contribution in [3.8, 4) is 5.75 Å². The summed E-state index contributed by atoms with van der Waals surface area (Å²) in [6.07, 6.45) is -1.82. The molecule has 1 aliphatic heterocycles. The molecule has 0 radical (unpaired) electrons. The highest BCUT2D eigenvalue weighted by Gasteiger charge is 2.50. The maximum absolute atomic E-state index is 12.8. The summed E-state index contributed by atoms with van der Waals surface area (Å²) in [6.45, 7) is 1.69. The second-order valence-corrected chi connectivity index (χ2v) is 8.52. The SMILES string of the molecule is CCS(=O)(=O)N1[C@H]2CC[C@@H](C2)[C@H]1COc1cccc(C(F)(F)F)c1. The number of hydrogen-bond acceptors (Lipinski definition) is 3. The van der Waals surface area contributed by atoms with Crippen molar-refractivity contribution in [1.82, 2.24) is 4.31 Å². The summed E-state index contributed by atoms with van der Waals surface area (Å²) in [5.41, 5.74) is -0.772. The molecule has 2 bridgehead atoms. The highest BCUT2D eigenvalue weighted by Crippen LogP contribution is 2.44. The number of piperidine rings is 1. The van der Waals surface area contributed by atoms with E-state index < -0.39 is 21.8 Å². The van der Waals surface area contributed by atoms with Crippen LogP contribution >= 0.6 is 0 Å². The van der Waals surface area contributed by atoms with Gasteiger partial charge >= 0.3 is 6.18 Å². The predicted octanol–water partition coefficient (Wildman–Crippen LogP) is 3.29. The minimum atomic E-state index is -4.43. The standard InChI is InChI=1S/C16H20F3NO3S/c1-2-24(21,22)20-13-7-6-11(8-13)15(20)10-23-14-5-3-4-12(9-14)16(17,18)19/h3-5,9,11,13,15H,2,6-8,10H2,1H3/t11-,13-,15+/m0/s1. The van der Waals surface area contributed by atoms with Crippen LogP contribution in [0.4, 0.5) is 13.2 Å². The molecule has 1 heterocycles. The number of benzene rings is 1. The Morgan fingerprint density at radius 3 is 2.71 bits per heavy atom. The van der Waals surface area contributed by atoms with Gasteiger partial charge in [0.15, 0.2) is 0 Å². The number of hydrogen-bond donors (Lipinski definition) is 0. The van der Waals surface area contributed by atoms with Crippen molar-refractivity contribution in [2.75, 3.05) is 12.4 Å². The van der Waals surface area contributed by atoms with Gasteiger partial charge in [-0.15, -0.1) is 0 Å². The van der Waals surface area contributed by atoms with E-state index in [-0.39, 0.29) is 36.1 Å². The lowest BCUT2D eigenvalue weighted by Crippen LogP contribution is -2.48. The Hall–Kier alpha value is -1.28. The first-order valence-corrected chi connectivity index (χ1v) is 9.64. The molecule has 2 fully saturated rings. The summed E-state index contributed by atoms with van der Waals surface area (Å²) in [5.74, 6) is 0.361. The maximum Gasteiger partial charge on any atom is 0.416 e. The minimum absolute atomic E-state index is 0.00931. The molecule has 8 heteroatoms. The van der Waals surface area contributed by atoms with Crippen molar-refractivity contribution >= 4 is 10.0 Å². The Morgan fingerprint density at radius 2 is 2.04 bits per heavy atom. The average molecular weight is 363 g/mol. The van der Waals surface area contributed by atoms with E-state index >= 15 is 0 Å². The van der Waals surface area contributed by atoms with Crippen LogP contribution in [0.3, 0.4) is 0 Å². The van der Waals surface area contributed by atoms with E-state index in [0.717, 1.165) is 31.4 Å². The van der Waals surface area contributed by atoms with Crippen LogP contribution in [-0.2, 0) is 16.2 Å². The number of alkyl halides is 3. The summed E-state index contributed by atoms with van der Waals surface area (Å²) < 4.78 is 70.0. The third-order valence-electron chi connectivity index (χ3n) is 4.94. The molecule has 1 aliphatic carbocycles. The molecule has 1 saturated heterocycles. The molecule has 0 aromatic heterocycles. The van der Waals surface area contributed by atoms with Crippen LogP contribution in [0, 0.1) is 5.92 Å². The van der Waals surface area contributed by atoms with Crippen molar-refractivity contribution < 1.29 is 26.3 Å². The highest BCUT2D eigenvalue weighted by molar-refractivity contribution is 7.89. The van der Waals surface area contributed by atoms with Gasteiger partial charge in [0.2, 0.25) is 10.0 Å². The van der Waals surface area contributed by atoms with Crippen LogP contribution in [-0.4, -0.2) is 37.2 Å². The lowest BCUT2D eigenvalue weighted by molar-refractivity contribution is -0.137. The fourth-order valence-electron chi connectivity index (χ4n) is 3.79. The fraction of sp³-hybridized carbons (Fsp3) is 0.625. The van der Waals surface area contributed by atoms with Gasteiger partial charge in [0.1, 0.15) is 12.4 Å². The monoisotopic (exact) mass is 363 g/mol. The van der Waals surface area contributed by atoms with E-state index in [4.69, 9.17) is 4.74 Å². The average Bonchev–Trinajstić information content (AvgIpc) is 3.13. The van der Waals surface area contributed by atoms with Crippen LogP contribution in [0.15, 0.2) is 24.3 Å². The van der Waals surface area contributed by atoms with Crippen LogP contribution in [0.25, 0.3) is 0 Å². The normalized spacial score (nSPS) is 27.6. The molecule has 1 saturated carbocycles. The first kappa shape index (κ1) is 17.5. The first-order valence-electron chi connectivity index (χ1n) is 8.03. The Bertz CT molecular complexity index is 705. The molecular weight excluding hydrogens is 343 g/mol. The second-order valence-electron chi connectivity index (χ2n) is 6.36. The number of sulfonamides is 1. The Labute approximate surface area is 139 Å². The topological polar surface area (TPSA) is 46.6 Å². The molecule has 0 amide bonds. The van der Waals surface area contributed by atoms with Gasteiger partial charge in [0.25, 0.3) is 0 Å². The molecule has 2 aliphatic rings. The minimum Gasteiger partial charge on any atom is -0.492 e. The van der Waals surface area contributed by atoms with E-state index in [1.54, 1.807) is 6.92 Å². The molecule has 134 valence electrons. The van der Waals surface area contributed by atoms with E-state index in [9.17, 15) is 21.6 Å². The molecular formula is C16H20F3NO3S. The van der Waals surface area contributed by atoms with Crippen molar-refractivity contribution in [3.63, 3.8) is 0 Å². The summed E-state index contributed by atoms with van der Waals surface area (Å²) in [6, 6.07) is 4.41. The van der Waals surface area contributed by atoms with Crippen molar-refractivity contribution in [3.05, 3.63) is 29.8 Å². The Morgan fingerprint density at radius 1 is 1.29 bits per heavy atom. The van der Waals surface area contributed by atoms with Gasteiger partial charge in [-0.05, 0) is 50.3 Å². The molecule has 3 rings (SSSR count). The first-order chi connectivity index (χ1) is 11.2. The van der Waals surface area contributed by atoms with Gasteiger partial charge in [0, 0.05) is 6.04 Å². The lowest BCUT2D eigenvalue weighted by Gasteiger charge is -2.33. The fourth-order valence-corrected chi connectivity index (χ4v) is 5.38. The van der Waals surface area contributed by atoms with E-state index in [1.807, 2.05) is 0 Å². The number of ether oxygens (including phenoxy) is 1. The van der Waals surface area contributed by atoms with Crippen molar-refractivity contribution in [2.45, 2.75) is 44.4 Å². The van der Waals surface area contributed by atoms with E-state index in [0.29, 0.717) is 0 Å². The Kier molecular flexibility index (Phi) is 4.55. The summed E-state index contributed by atoms with van der Waals surface area (Å²) in [7, 11) is -3.34. The third-order valence-corrected chi connectivity index (χ3v) is 6.89. The van der Waals surface area contributed by atoms with Crippen LogP contribution in [0.1, 0.15) is 31.7 Å². The zero-order valence-electron chi connectivity index (χ0n) is 13.3. The lowest BCUT2D eigenvalue weighted by atomic mass is 10.0. The van der Waals surface area contributed by atoms with Gasteiger partial charge in [-0.25, -0.2) is 8.42 Å². The van der Waals surface area contributed by atoms with Crippen LogP contribution in [0.2, 0.25) is 0 Å². The second kappa shape index (κ2) is 6.22. The number of fused-ring (bicyclic) bond motifs is 2. The molecule has 0 N–H and O–H groups in total. The zero-order valence-corrected chi connectivity index (χ0v) is 14.1. The molecule has 4 nitrogen and oxygen atoms in total. The molecule has 1 aromatic rings. The quantitative estimate of drug-likeness (QED) is 0.807. The van der Waals surface area contributed by atoms with E-state index in [1.165, 1.54) is 16.4 Å². The number of rotatable bonds is 5. The van der Waals surface area contributed by atoms with Crippen LogP contribution in [0.5, 0.6) is 5.75 Å². The van der Waals surface area contributed by atoms with Gasteiger partial charge in [-0.2, -0.15) is 17.5 Å². The maximum atomic E-state index is 12.8. The van der Waals surface area contributed by atoms with Crippen molar-refractivity contribution in [2.24, 2.45) is 5.92 Å². The predicted molar refractivity (Wildman–Crippen MR) is 83.2 cm³/mol. The summed E-state index contributed by atoms with van der Waals surface area (Å²) in [4.78, 5) is 0. The largest absolute Gasteiger partial charge is 0.492 e. The number of halogens is 3. The smallest absolute Gasteiger partial charge is 0.416 e. The summed E-state index contributed by atoms with van der Waals surface area (Å²) >= 11 is 0. The molecule has 3 atom stereocenters. The highest BCUT2D eigenvalue weighted by atomic mass is 32.2. The molecule has 24 heavy (non-hydrogen) atoms. The molecule has 0 unspecified atom stereocenters.